The molecule has 212 valence electrons. The van der Waals surface area contributed by atoms with Crippen molar-refractivity contribution >= 4 is 28.3 Å². The van der Waals surface area contributed by atoms with Gasteiger partial charge in [-0.25, -0.2) is 9.78 Å². The number of amides is 1. The molecule has 1 heterocycles. The average Bonchev–Trinajstić information content (AvgIpc) is 3.41. The Bertz CT molecular complexity index is 1600. The minimum absolute atomic E-state index is 0.217. The minimum atomic E-state index is -1.06. The van der Waals surface area contributed by atoms with Crippen molar-refractivity contribution < 1.29 is 14.7 Å². The Hall–Kier alpha value is -4.75. The van der Waals surface area contributed by atoms with E-state index in [1.807, 2.05) is 66.7 Å². The summed E-state index contributed by atoms with van der Waals surface area (Å²) in [6, 6.07) is 36.3. The van der Waals surface area contributed by atoms with Gasteiger partial charge in [0.05, 0.1) is 5.69 Å². The highest BCUT2D eigenvalue weighted by molar-refractivity contribution is 7.16. The molecule has 0 spiro atoms. The maximum absolute atomic E-state index is 12.9. The van der Waals surface area contributed by atoms with Crippen molar-refractivity contribution in [2.45, 2.75) is 32.4 Å². The molecule has 7 heteroatoms. The Labute approximate surface area is 250 Å². The molecule has 0 bridgehead atoms. The standard InChI is InChI=1S/C35H33N3O3S/c1-25-32(29-15-9-4-10-16-29)37-35(42-25)38(22-21-26-11-5-2-6-12-26)24-28-17-19-30(20-18-28)33(39)36-31(34(40)41)23-27-13-7-3-8-14-27/h2-20,31H,21-24H2,1H3,(H,36,39)(H,40,41). The summed E-state index contributed by atoms with van der Waals surface area (Å²) in [5, 5.41) is 13.3. The minimum Gasteiger partial charge on any atom is -0.480 e. The van der Waals surface area contributed by atoms with E-state index in [1.165, 1.54) is 5.56 Å². The van der Waals surface area contributed by atoms with Crippen LogP contribution in [0.3, 0.4) is 0 Å². The predicted octanol–water partition coefficient (Wildman–Crippen LogP) is 6.79. The summed E-state index contributed by atoms with van der Waals surface area (Å²) >= 11 is 1.68. The molecule has 1 unspecified atom stereocenters. The molecule has 0 aliphatic heterocycles. The fourth-order valence-electron chi connectivity index (χ4n) is 4.81. The lowest BCUT2D eigenvalue weighted by Crippen LogP contribution is -2.42. The van der Waals surface area contributed by atoms with Crippen LogP contribution in [0, 0.1) is 6.92 Å². The van der Waals surface area contributed by atoms with Crippen molar-refractivity contribution in [1.82, 2.24) is 10.3 Å². The second kappa shape index (κ2) is 13.7. The summed E-state index contributed by atoms with van der Waals surface area (Å²) in [5.74, 6) is -1.47. The van der Waals surface area contributed by atoms with Gasteiger partial charge in [-0.3, -0.25) is 4.79 Å². The molecular weight excluding hydrogens is 542 g/mol. The molecule has 2 N–H and O–H groups in total. The zero-order valence-electron chi connectivity index (χ0n) is 23.4. The Balaban J connectivity index is 1.31. The third-order valence-corrected chi connectivity index (χ3v) is 8.12. The van der Waals surface area contributed by atoms with Crippen LogP contribution in [0.15, 0.2) is 115 Å². The number of carbonyl (C=O) groups is 2. The number of thiazole rings is 1. The number of carboxylic acids is 1. The van der Waals surface area contributed by atoms with Gasteiger partial charge in [0.15, 0.2) is 5.13 Å². The molecule has 6 nitrogen and oxygen atoms in total. The van der Waals surface area contributed by atoms with Crippen LogP contribution < -0.4 is 10.2 Å². The van der Waals surface area contributed by atoms with Crippen molar-refractivity contribution in [2.75, 3.05) is 11.4 Å². The van der Waals surface area contributed by atoms with Crippen LogP contribution in [0.25, 0.3) is 11.3 Å². The summed E-state index contributed by atoms with van der Waals surface area (Å²) in [4.78, 5) is 33.3. The molecule has 0 radical (unpaired) electrons. The molecule has 1 aromatic heterocycles. The van der Waals surface area contributed by atoms with Crippen molar-refractivity contribution in [2.24, 2.45) is 0 Å². The van der Waals surface area contributed by atoms with Gasteiger partial charge in [0, 0.05) is 35.5 Å². The second-order valence-electron chi connectivity index (χ2n) is 10.2. The fourth-order valence-corrected chi connectivity index (χ4v) is 5.76. The van der Waals surface area contributed by atoms with E-state index in [9.17, 15) is 14.7 Å². The highest BCUT2D eigenvalue weighted by atomic mass is 32.1. The molecule has 0 saturated carbocycles. The average molecular weight is 576 g/mol. The van der Waals surface area contributed by atoms with Crippen LogP contribution in [0.4, 0.5) is 5.13 Å². The van der Waals surface area contributed by atoms with Gasteiger partial charge in [0.2, 0.25) is 0 Å². The van der Waals surface area contributed by atoms with Crippen LogP contribution in [0.1, 0.15) is 31.9 Å². The number of rotatable bonds is 12. The first kappa shape index (κ1) is 28.8. The lowest BCUT2D eigenvalue weighted by Gasteiger charge is -2.22. The summed E-state index contributed by atoms with van der Waals surface area (Å²) in [6.45, 7) is 3.52. The molecule has 0 aliphatic carbocycles. The van der Waals surface area contributed by atoms with E-state index in [1.54, 1.807) is 23.5 Å². The van der Waals surface area contributed by atoms with Gasteiger partial charge < -0.3 is 15.3 Å². The number of anilines is 1. The SMILES string of the molecule is Cc1sc(N(CCc2ccccc2)Cc2ccc(C(=O)NC(Cc3ccccc3)C(=O)O)cc2)nc1-c1ccccc1. The number of benzene rings is 4. The van der Waals surface area contributed by atoms with E-state index < -0.39 is 17.9 Å². The quantitative estimate of drug-likeness (QED) is 0.171. The van der Waals surface area contributed by atoms with Crippen molar-refractivity contribution in [3.05, 3.63) is 142 Å². The lowest BCUT2D eigenvalue weighted by atomic mass is 10.0. The normalized spacial score (nSPS) is 11.5. The van der Waals surface area contributed by atoms with E-state index in [0.29, 0.717) is 12.1 Å². The van der Waals surface area contributed by atoms with Crippen molar-refractivity contribution in [3.63, 3.8) is 0 Å². The maximum Gasteiger partial charge on any atom is 0.326 e. The van der Waals surface area contributed by atoms with E-state index >= 15 is 0 Å². The monoisotopic (exact) mass is 575 g/mol. The van der Waals surface area contributed by atoms with Crippen molar-refractivity contribution in [3.8, 4) is 11.3 Å². The van der Waals surface area contributed by atoms with Gasteiger partial charge in [-0.2, -0.15) is 0 Å². The predicted molar refractivity (Wildman–Crippen MR) is 169 cm³/mol. The molecule has 1 amide bonds. The Kier molecular flexibility index (Phi) is 9.41. The van der Waals surface area contributed by atoms with Gasteiger partial charge in [-0.15, -0.1) is 11.3 Å². The summed E-state index contributed by atoms with van der Waals surface area (Å²) in [7, 11) is 0. The van der Waals surface area contributed by atoms with Crippen LogP contribution in [-0.4, -0.2) is 34.6 Å². The smallest absolute Gasteiger partial charge is 0.326 e. The largest absolute Gasteiger partial charge is 0.480 e. The van der Waals surface area contributed by atoms with Crippen LogP contribution >= 0.6 is 11.3 Å². The molecule has 4 aromatic carbocycles. The van der Waals surface area contributed by atoms with Gasteiger partial charge >= 0.3 is 5.97 Å². The Morgan fingerprint density at radius 3 is 2.02 bits per heavy atom. The maximum atomic E-state index is 12.9. The number of hydrogen-bond donors (Lipinski definition) is 2. The Morgan fingerprint density at radius 2 is 1.40 bits per heavy atom. The topological polar surface area (TPSA) is 82.5 Å². The number of nitrogens with zero attached hydrogens (tertiary/aromatic N) is 2. The Morgan fingerprint density at radius 1 is 0.810 bits per heavy atom. The van der Waals surface area contributed by atoms with Crippen molar-refractivity contribution in [1.29, 1.82) is 0 Å². The highest BCUT2D eigenvalue weighted by Crippen LogP contribution is 2.33. The van der Waals surface area contributed by atoms with Gasteiger partial charge in [-0.05, 0) is 42.2 Å². The molecule has 0 fully saturated rings. The number of hydrogen-bond acceptors (Lipinski definition) is 5. The first-order chi connectivity index (χ1) is 20.5. The number of aliphatic carboxylic acids is 1. The molecule has 5 aromatic rings. The summed E-state index contributed by atoms with van der Waals surface area (Å²) < 4.78 is 0. The summed E-state index contributed by atoms with van der Waals surface area (Å²) in [6.07, 6.45) is 1.09. The third kappa shape index (κ3) is 7.50. The van der Waals surface area contributed by atoms with Crippen LogP contribution in [0.5, 0.6) is 0 Å². The first-order valence-electron chi connectivity index (χ1n) is 13.9. The highest BCUT2D eigenvalue weighted by Gasteiger charge is 2.21. The van der Waals surface area contributed by atoms with Gasteiger partial charge in [0.25, 0.3) is 5.91 Å². The number of aryl methyl sites for hydroxylation is 1. The number of carbonyl (C=O) groups excluding carboxylic acids is 1. The van der Waals surface area contributed by atoms with Crippen LogP contribution in [0.2, 0.25) is 0 Å². The van der Waals surface area contributed by atoms with Gasteiger partial charge in [-0.1, -0.05) is 103 Å². The molecular formula is C35H33N3O3S. The van der Waals surface area contributed by atoms with E-state index in [2.05, 4.69) is 53.5 Å². The number of carboxylic acid groups (broad SMARTS) is 1. The third-order valence-electron chi connectivity index (χ3n) is 7.09. The lowest BCUT2D eigenvalue weighted by molar-refractivity contribution is -0.139. The number of nitrogens with one attached hydrogen (secondary N) is 1. The summed E-state index contributed by atoms with van der Waals surface area (Å²) in [5.41, 5.74) is 5.66. The number of aromatic nitrogens is 1. The molecule has 0 aliphatic rings. The van der Waals surface area contributed by atoms with E-state index in [0.717, 1.165) is 45.4 Å². The zero-order chi connectivity index (χ0) is 29.3. The van der Waals surface area contributed by atoms with Gasteiger partial charge in [0.1, 0.15) is 6.04 Å². The molecule has 5 rings (SSSR count). The molecule has 1 atom stereocenters. The van der Waals surface area contributed by atoms with Crippen LogP contribution in [-0.2, 0) is 24.2 Å². The van der Waals surface area contributed by atoms with E-state index in [4.69, 9.17) is 4.98 Å². The first-order valence-corrected chi connectivity index (χ1v) is 14.8. The molecule has 42 heavy (non-hydrogen) atoms. The zero-order valence-corrected chi connectivity index (χ0v) is 24.3. The molecule has 0 saturated heterocycles. The fraction of sp³-hybridized carbons (Fsp3) is 0.171. The second-order valence-corrected chi connectivity index (χ2v) is 11.4. The van der Waals surface area contributed by atoms with E-state index in [-0.39, 0.29) is 6.42 Å².